The van der Waals surface area contributed by atoms with Gasteiger partial charge in [0.2, 0.25) is 5.91 Å². The highest BCUT2D eigenvalue weighted by Crippen LogP contribution is 2.50. The summed E-state index contributed by atoms with van der Waals surface area (Å²) in [6.07, 6.45) is 0. The van der Waals surface area contributed by atoms with Gasteiger partial charge in [-0.1, -0.05) is 30.3 Å². The highest BCUT2D eigenvalue weighted by molar-refractivity contribution is 7.62. The third kappa shape index (κ3) is 3.66. The van der Waals surface area contributed by atoms with Crippen LogP contribution in [0, 0.1) is 0 Å². The molecule has 5 heteroatoms. The van der Waals surface area contributed by atoms with E-state index >= 15 is 0 Å². The van der Waals surface area contributed by atoms with Crippen molar-refractivity contribution >= 4 is 24.7 Å². The van der Waals surface area contributed by atoms with Gasteiger partial charge in [-0.05, 0) is 18.9 Å². The van der Waals surface area contributed by atoms with Crippen molar-refractivity contribution in [1.29, 1.82) is 0 Å². The van der Waals surface area contributed by atoms with Gasteiger partial charge in [0, 0.05) is 0 Å². The Bertz CT molecular complexity index is 402. The predicted molar refractivity (Wildman–Crippen MR) is 67.5 cm³/mol. The fourth-order valence-corrected chi connectivity index (χ4v) is 2.85. The summed E-state index contributed by atoms with van der Waals surface area (Å²) in [5.74, 6) is -0.886. The third-order valence-electron chi connectivity index (χ3n) is 2.16. The maximum absolute atomic E-state index is 12.1. The molecular formula is C11H15ClNO2P. The molecule has 1 atom stereocenters. The van der Waals surface area contributed by atoms with Gasteiger partial charge in [-0.3, -0.25) is 4.79 Å². The molecule has 3 nitrogen and oxygen atoms in total. The minimum absolute atomic E-state index is 0.122. The van der Waals surface area contributed by atoms with Gasteiger partial charge < -0.3 is 9.88 Å². The molecule has 0 aliphatic carbocycles. The second kappa shape index (κ2) is 5.51. The van der Waals surface area contributed by atoms with Crippen LogP contribution < -0.4 is 5.32 Å². The molecule has 1 aromatic rings. The molecule has 1 amide bonds. The van der Waals surface area contributed by atoms with E-state index < -0.39 is 12.9 Å². The van der Waals surface area contributed by atoms with Crippen LogP contribution in [0.5, 0.6) is 0 Å². The number of carbonyl (C=O) groups is 1. The number of nitrogens with one attached hydrogen (secondary N) is 1. The standard InChI is InChI=1S/C11H15ClNO2P/c1-16(2,15)11(13-10(14)8-12)9-6-4-3-5-7-9/h3-7,11H,8H2,1-2H3,(H,13,14)/t11-/m0/s1. The second-order valence-electron chi connectivity index (χ2n) is 3.95. The molecule has 0 aliphatic heterocycles. The first-order valence-electron chi connectivity index (χ1n) is 4.90. The predicted octanol–water partition coefficient (Wildman–Crippen LogP) is 2.66. The van der Waals surface area contributed by atoms with Crippen LogP contribution in [0.3, 0.4) is 0 Å². The van der Waals surface area contributed by atoms with Crippen LogP contribution in [0.25, 0.3) is 0 Å². The summed E-state index contributed by atoms with van der Waals surface area (Å²) in [5, 5.41) is 2.69. The Labute approximate surface area is 101 Å². The largest absolute Gasteiger partial charge is 0.341 e. The number of alkyl halides is 1. The van der Waals surface area contributed by atoms with Gasteiger partial charge in [-0.2, -0.15) is 0 Å². The van der Waals surface area contributed by atoms with Gasteiger partial charge >= 0.3 is 0 Å². The normalized spacial score (nSPS) is 13.2. The quantitative estimate of drug-likeness (QED) is 0.667. The lowest BCUT2D eigenvalue weighted by Crippen LogP contribution is -2.29. The lowest BCUT2D eigenvalue weighted by molar-refractivity contribution is -0.118. The van der Waals surface area contributed by atoms with Crippen LogP contribution in [0.15, 0.2) is 30.3 Å². The van der Waals surface area contributed by atoms with Crippen LogP contribution in [0.1, 0.15) is 11.3 Å². The van der Waals surface area contributed by atoms with Crippen molar-refractivity contribution in [3.8, 4) is 0 Å². The molecule has 0 unspecified atom stereocenters. The van der Waals surface area contributed by atoms with Gasteiger partial charge in [-0.25, -0.2) is 0 Å². The monoisotopic (exact) mass is 259 g/mol. The Hall–Kier alpha value is -0.790. The lowest BCUT2D eigenvalue weighted by atomic mass is 10.2. The van der Waals surface area contributed by atoms with E-state index in [9.17, 15) is 9.36 Å². The van der Waals surface area contributed by atoms with Gasteiger partial charge in [0.05, 0.1) is 0 Å². The average Bonchev–Trinajstić information content (AvgIpc) is 2.25. The summed E-state index contributed by atoms with van der Waals surface area (Å²) in [5.41, 5.74) is 0.842. The Balaban J connectivity index is 2.98. The number of hydrogen-bond donors (Lipinski definition) is 1. The van der Waals surface area contributed by atoms with E-state index in [1.165, 1.54) is 0 Å². The zero-order chi connectivity index (χ0) is 12.2. The number of benzene rings is 1. The van der Waals surface area contributed by atoms with E-state index in [1.807, 2.05) is 30.3 Å². The van der Waals surface area contributed by atoms with Crippen LogP contribution in [-0.2, 0) is 9.36 Å². The van der Waals surface area contributed by atoms with Gasteiger partial charge in [0.15, 0.2) is 0 Å². The molecule has 0 heterocycles. The van der Waals surface area contributed by atoms with Crippen molar-refractivity contribution in [2.45, 2.75) is 5.78 Å². The molecule has 0 saturated heterocycles. The summed E-state index contributed by atoms with van der Waals surface area (Å²) >= 11 is 5.43. The maximum Gasteiger partial charge on any atom is 0.235 e. The highest BCUT2D eigenvalue weighted by Gasteiger charge is 2.26. The van der Waals surface area contributed by atoms with E-state index in [2.05, 4.69) is 5.32 Å². The Morgan fingerprint density at radius 3 is 2.38 bits per heavy atom. The van der Waals surface area contributed by atoms with Crippen LogP contribution >= 0.6 is 18.7 Å². The molecule has 0 bridgehead atoms. The molecule has 0 radical (unpaired) electrons. The topological polar surface area (TPSA) is 46.2 Å². The number of amides is 1. The third-order valence-corrected chi connectivity index (χ3v) is 4.07. The summed E-state index contributed by atoms with van der Waals surface area (Å²) < 4.78 is 12.1. The summed E-state index contributed by atoms with van der Waals surface area (Å²) in [7, 11) is -2.46. The highest BCUT2D eigenvalue weighted by atomic mass is 35.5. The molecule has 1 rings (SSSR count). The fraction of sp³-hybridized carbons (Fsp3) is 0.364. The van der Waals surface area contributed by atoms with Crippen molar-refractivity contribution in [3.63, 3.8) is 0 Å². The van der Waals surface area contributed by atoms with Crippen LogP contribution in [-0.4, -0.2) is 25.1 Å². The summed E-state index contributed by atoms with van der Waals surface area (Å²) in [6.45, 7) is 3.30. The minimum Gasteiger partial charge on any atom is -0.341 e. The molecular weight excluding hydrogens is 245 g/mol. The molecule has 0 aliphatic rings. The summed E-state index contributed by atoms with van der Waals surface area (Å²) in [6, 6.07) is 9.27. The van der Waals surface area contributed by atoms with E-state index in [0.29, 0.717) is 0 Å². The zero-order valence-corrected chi connectivity index (χ0v) is 11.0. The van der Waals surface area contributed by atoms with E-state index in [-0.39, 0.29) is 11.8 Å². The molecule has 16 heavy (non-hydrogen) atoms. The van der Waals surface area contributed by atoms with Crippen molar-refractivity contribution in [2.24, 2.45) is 0 Å². The smallest absolute Gasteiger partial charge is 0.235 e. The van der Waals surface area contributed by atoms with Crippen LogP contribution in [0.4, 0.5) is 0 Å². The zero-order valence-electron chi connectivity index (χ0n) is 9.31. The van der Waals surface area contributed by atoms with Gasteiger partial charge in [0.1, 0.15) is 18.8 Å². The Morgan fingerprint density at radius 2 is 1.94 bits per heavy atom. The van der Waals surface area contributed by atoms with Crippen molar-refractivity contribution in [2.75, 3.05) is 19.2 Å². The molecule has 88 valence electrons. The van der Waals surface area contributed by atoms with Crippen LogP contribution in [0.2, 0.25) is 0 Å². The van der Waals surface area contributed by atoms with Crippen molar-refractivity contribution in [1.82, 2.24) is 5.32 Å². The molecule has 1 aromatic carbocycles. The maximum atomic E-state index is 12.1. The van der Waals surface area contributed by atoms with E-state index in [0.717, 1.165) is 5.56 Å². The number of rotatable bonds is 4. The van der Waals surface area contributed by atoms with Gasteiger partial charge in [0.25, 0.3) is 0 Å². The first-order valence-corrected chi connectivity index (χ1v) is 8.10. The van der Waals surface area contributed by atoms with Crippen molar-refractivity contribution < 1.29 is 9.36 Å². The SMILES string of the molecule is CP(C)(=O)[C@H](NC(=O)CCl)c1ccccc1. The first-order chi connectivity index (χ1) is 7.45. The molecule has 0 saturated carbocycles. The molecule has 1 N–H and O–H groups in total. The van der Waals surface area contributed by atoms with E-state index in [1.54, 1.807) is 13.3 Å². The average molecular weight is 260 g/mol. The van der Waals surface area contributed by atoms with E-state index in [4.69, 9.17) is 11.6 Å². The number of carbonyl (C=O) groups excluding carboxylic acids is 1. The fourth-order valence-electron chi connectivity index (χ4n) is 1.42. The Kier molecular flexibility index (Phi) is 4.57. The molecule has 0 fully saturated rings. The molecule has 0 aromatic heterocycles. The number of hydrogen-bond acceptors (Lipinski definition) is 2. The lowest BCUT2D eigenvalue weighted by Gasteiger charge is -2.22. The van der Waals surface area contributed by atoms with Crippen molar-refractivity contribution in [3.05, 3.63) is 35.9 Å². The van der Waals surface area contributed by atoms with Gasteiger partial charge in [-0.15, -0.1) is 11.6 Å². The molecule has 0 spiro atoms. The second-order valence-corrected chi connectivity index (χ2v) is 7.60. The minimum atomic E-state index is -2.46. The first kappa shape index (κ1) is 13.3. The summed E-state index contributed by atoms with van der Waals surface area (Å²) in [4.78, 5) is 11.3. The number of halogens is 1. The Morgan fingerprint density at radius 1 is 1.38 bits per heavy atom.